The van der Waals surface area contributed by atoms with Gasteiger partial charge in [0, 0.05) is 0 Å². The molecule has 1 nitrogen and oxygen atoms in total. The third-order valence-corrected chi connectivity index (χ3v) is 3.30. The van der Waals surface area contributed by atoms with Gasteiger partial charge in [-0.15, -0.1) is 0 Å². The molecule has 1 aromatic carbocycles. The Hall–Kier alpha value is -0.667. The molecule has 1 rings (SSSR count). The molecule has 0 aliphatic heterocycles. The molecule has 2 heteroatoms. The maximum absolute atomic E-state index is 8.35. The van der Waals surface area contributed by atoms with Gasteiger partial charge in [0.1, 0.15) is 0 Å². The van der Waals surface area contributed by atoms with Crippen LogP contribution in [0.4, 0.5) is 0 Å². The third kappa shape index (κ3) is 1.95. The summed E-state index contributed by atoms with van der Waals surface area (Å²) in [6, 6.07) is 10.0. The quantitative estimate of drug-likeness (QED) is 0.571. The van der Waals surface area contributed by atoms with E-state index in [1.807, 2.05) is 30.3 Å². The molecular weight excluding hydrogens is 163 g/mol. The third-order valence-electron chi connectivity index (χ3n) is 1.13. The molecule has 0 aliphatic carbocycles. The second-order valence-corrected chi connectivity index (χ2v) is 4.94. The van der Waals surface area contributed by atoms with Gasteiger partial charge < -0.3 is 0 Å². The van der Waals surface area contributed by atoms with Crippen LogP contribution < -0.4 is 4.16 Å². The van der Waals surface area contributed by atoms with Crippen LogP contribution in [0.2, 0.25) is 0 Å². The average Bonchev–Trinajstić information content (AvgIpc) is 1.91. The molecule has 0 heterocycles. The Morgan fingerprint density at radius 1 is 1.22 bits per heavy atom. The Kier molecular flexibility index (Phi) is 2.42. The van der Waals surface area contributed by atoms with Gasteiger partial charge >= 0.3 is 61.5 Å². The second-order valence-electron chi connectivity index (χ2n) is 1.82. The van der Waals surface area contributed by atoms with E-state index in [1.54, 1.807) is 0 Å². The van der Waals surface area contributed by atoms with Gasteiger partial charge in [0.15, 0.2) is 0 Å². The standard InChI is InChI=1S/C6H5.CN.Zn/c1-2-4-6-5-3-1;1-2;/h1-5H;;. The molecule has 0 fully saturated rings. The van der Waals surface area contributed by atoms with Crippen LogP contribution in [0.1, 0.15) is 0 Å². The first-order valence-electron chi connectivity index (χ1n) is 2.84. The van der Waals surface area contributed by atoms with E-state index in [0.29, 0.717) is 0 Å². The zero-order valence-corrected chi connectivity index (χ0v) is 8.01. The normalized spacial score (nSPS) is 7.44. The summed E-state index contributed by atoms with van der Waals surface area (Å²) >= 11 is -0.984. The van der Waals surface area contributed by atoms with Crippen LogP contribution in [-0.4, -0.2) is 0 Å². The zero-order valence-electron chi connectivity index (χ0n) is 5.04. The van der Waals surface area contributed by atoms with E-state index < -0.39 is 17.1 Å². The minimum atomic E-state index is -0.984. The van der Waals surface area contributed by atoms with Gasteiger partial charge in [-0.1, -0.05) is 0 Å². The molecule has 0 aliphatic rings. The number of benzene rings is 1. The van der Waals surface area contributed by atoms with Crippen molar-refractivity contribution in [3.63, 3.8) is 0 Å². The summed E-state index contributed by atoms with van der Waals surface area (Å²) in [6.45, 7) is 0. The van der Waals surface area contributed by atoms with Crippen molar-refractivity contribution in [1.29, 1.82) is 5.26 Å². The number of hydrogen-bond acceptors (Lipinski definition) is 1. The van der Waals surface area contributed by atoms with E-state index in [9.17, 15) is 0 Å². The Bertz CT molecular complexity index is 212. The molecular formula is C7H5NZn. The fraction of sp³-hybridized carbons (Fsp3) is 0. The van der Waals surface area contributed by atoms with Crippen molar-refractivity contribution in [1.82, 2.24) is 0 Å². The summed E-state index contributed by atoms with van der Waals surface area (Å²) in [7, 11) is 0. The van der Waals surface area contributed by atoms with Crippen LogP contribution in [0.3, 0.4) is 0 Å². The number of nitriles is 1. The summed E-state index contributed by atoms with van der Waals surface area (Å²) in [5, 5.41) is 8.35. The molecule has 40 valence electrons. The first-order valence-corrected chi connectivity index (χ1v) is 5.81. The topological polar surface area (TPSA) is 23.8 Å². The van der Waals surface area contributed by atoms with Crippen molar-refractivity contribution in [2.45, 2.75) is 0 Å². The number of hydrogen-bond donors (Lipinski definition) is 0. The van der Waals surface area contributed by atoms with E-state index in [1.165, 1.54) is 4.16 Å². The molecule has 0 bridgehead atoms. The van der Waals surface area contributed by atoms with Crippen molar-refractivity contribution < 1.29 is 17.1 Å². The van der Waals surface area contributed by atoms with Crippen LogP contribution in [0, 0.1) is 9.93 Å². The van der Waals surface area contributed by atoms with Crippen molar-refractivity contribution in [2.24, 2.45) is 0 Å². The van der Waals surface area contributed by atoms with Gasteiger partial charge in [0.25, 0.3) is 0 Å². The molecule has 0 atom stereocenters. The van der Waals surface area contributed by atoms with E-state index in [0.717, 1.165) is 0 Å². The number of nitrogens with zero attached hydrogens (tertiary/aromatic N) is 1. The molecule has 0 N–H and O–H groups in total. The van der Waals surface area contributed by atoms with E-state index in [2.05, 4.69) is 4.66 Å². The van der Waals surface area contributed by atoms with Crippen molar-refractivity contribution >= 4 is 4.16 Å². The Labute approximate surface area is 61.9 Å². The number of rotatable bonds is 1. The van der Waals surface area contributed by atoms with Crippen LogP contribution in [0.5, 0.6) is 0 Å². The molecule has 0 spiro atoms. The predicted molar refractivity (Wildman–Crippen MR) is 31.7 cm³/mol. The van der Waals surface area contributed by atoms with Crippen molar-refractivity contribution in [2.75, 3.05) is 0 Å². The second kappa shape index (κ2) is 3.38. The molecule has 0 aromatic heterocycles. The molecule has 1 aromatic rings. The minimum absolute atomic E-state index is 0.984. The van der Waals surface area contributed by atoms with Crippen LogP contribution >= 0.6 is 0 Å². The van der Waals surface area contributed by atoms with Gasteiger partial charge in [0.2, 0.25) is 0 Å². The van der Waals surface area contributed by atoms with Crippen molar-refractivity contribution in [3.8, 4) is 4.66 Å². The molecule has 0 amide bonds. The Balaban J connectivity index is 2.76. The van der Waals surface area contributed by atoms with Gasteiger partial charge in [0.05, 0.1) is 0 Å². The maximum atomic E-state index is 8.35. The van der Waals surface area contributed by atoms with Gasteiger partial charge in [-0.05, 0) is 0 Å². The van der Waals surface area contributed by atoms with E-state index in [4.69, 9.17) is 5.26 Å². The zero-order chi connectivity index (χ0) is 6.53. The van der Waals surface area contributed by atoms with E-state index >= 15 is 0 Å². The van der Waals surface area contributed by atoms with Crippen LogP contribution in [0.25, 0.3) is 0 Å². The molecule has 0 unspecified atom stereocenters. The fourth-order valence-electron chi connectivity index (χ4n) is 0.687. The Morgan fingerprint density at radius 3 is 2.44 bits per heavy atom. The summed E-state index contributed by atoms with van der Waals surface area (Å²) in [5.41, 5.74) is 0. The van der Waals surface area contributed by atoms with Gasteiger partial charge in [-0.2, -0.15) is 0 Å². The van der Waals surface area contributed by atoms with Crippen molar-refractivity contribution in [3.05, 3.63) is 30.3 Å². The molecule has 0 radical (unpaired) electrons. The first kappa shape index (κ1) is 6.45. The monoisotopic (exact) mass is 167 g/mol. The predicted octanol–water partition coefficient (Wildman–Crippen LogP) is 0.875. The van der Waals surface area contributed by atoms with Gasteiger partial charge in [-0.25, -0.2) is 0 Å². The first-order chi connectivity index (χ1) is 4.43. The SMILES string of the molecule is N#[C][Zn][c]1ccccc1. The summed E-state index contributed by atoms with van der Waals surface area (Å²) in [5.74, 6) is 0. The van der Waals surface area contributed by atoms with Gasteiger partial charge in [-0.3, -0.25) is 0 Å². The summed E-state index contributed by atoms with van der Waals surface area (Å²) < 4.78 is 3.54. The summed E-state index contributed by atoms with van der Waals surface area (Å²) in [4.78, 5) is 0. The fourth-order valence-corrected chi connectivity index (χ4v) is 2.14. The van der Waals surface area contributed by atoms with Crippen LogP contribution in [0.15, 0.2) is 30.3 Å². The molecule has 0 saturated heterocycles. The van der Waals surface area contributed by atoms with Crippen LogP contribution in [-0.2, 0) is 17.1 Å². The molecule has 0 saturated carbocycles. The molecule has 9 heavy (non-hydrogen) atoms. The van der Waals surface area contributed by atoms with E-state index in [-0.39, 0.29) is 0 Å². The summed E-state index contributed by atoms with van der Waals surface area (Å²) in [6.07, 6.45) is 0. The average molecular weight is 169 g/mol. The Morgan fingerprint density at radius 2 is 1.89 bits per heavy atom.